The van der Waals surface area contributed by atoms with E-state index in [0.29, 0.717) is 18.7 Å². The quantitative estimate of drug-likeness (QED) is 0.357. The van der Waals surface area contributed by atoms with E-state index in [1.54, 1.807) is 11.0 Å². The van der Waals surface area contributed by atoms with Gasteiger partial charge in [-0.05, 0) is 25.8 Å². The molecule has 1 aromatic rings. The summed E-state index contributed by atoms with van der Waals surface area (Å²) < 4.78 is 5.22. The van der Waals surface area contributed by atoms with Crippen molar-refractivity contribution < 1.29 is 14.4 Å². The number of rotatable bonds is 5. The molecule has 1 aromatic heterocycles. The summed E-state index contributed by atoms with van der Waals surface area (Å²) in [6, 6.07) is 2.02. The molecule has 98 valence electrons. The van der Waals surface area contributed by atoms with Crippen molar-refractivity contribution in [3.05, 3.63) is 23.7 Å². The molecule has 1 aliphatic rings. The summed E-state index contributed by atoms with van der Waals surface area (Å²) in [6.07, 6.45) is 3.87. The van der Waals surface area contributed by atoms with Crippen LogP contribution < -0.4 is 5.73 Å². The third kappa shape index (κ3) is 2.64. The number of furan rings is 1. The van der Waals surface area contributed by atoms with Crippen LogP contribution in [-0.2, 0) is 0 Å². The third-order valence-corrected chi connectivity index (χ3v) is 3.04. The van der Waals surface area contributed by atoms with Gasteiger partial charge in [-0.2, -0.15) is 0 Å². The van der Waals surface area contributed by atoms with Gasteiger partial charge in [0.15, 0.2) is 5.76 Å². The zero-order chi connectivity index (χ0) is 13.1. The number of aryl methyl sites for hydroxylation is 1. The standard InChI is InChI=1S/C12H17N3O3/c1-8-5-7-18-11(8)12(16)15(9-2-3-9)6-4-10(13)14-17/h5,7,9,17H,2-4,6H2,1H3,(H2,13,14). The largest absolute Gasteiger partial charge is 0.459 e. The Morgan fingerprint density at radius 1 is 1.67 bits per heavy atom. The molecular weight excluding hydrogens is 234 g/mol. The Hall–Kier alpha value is -1.98. The van der Waals surface area contributed by atoms with E-state index in [1.165, 1.54) is 6.26 Å². The summed E-state index contributed by atoms with van der Waals surface area (Å²) >= 11 is 0. The summed E-state index contributed by atoms with van der Waals surface area (Å²) in [5.74, 6) is 0.386. The highest BCUT2D eigenvalue weighted by atomic mass is 16.4. The fourth-order valence-corrected chi connectivity index (χ4v) is 1.84. The maximum absolute atomic E-state index is 12.3. The van der Waals surface area contributed by atoms with Crippen LogP contribution in [0, 0.1) is 6.92 Å². The molecule has 6 heteroatoms. The van der Waals surface area contributed by atoms with E-state index in [2.05, 4.69) is 5.16 Å². The lowest BCUT2D eigenvalue weighted by atomic mass is 10.2. The predicted molar refractivity (Wildman–Crippen MR) is 65.5 cm³/mol. The molecule has 6 nitrogen and oxygen atoms in total. The average Bonchev–Trinajstić information content (AvgIpc) is 3.10. The lowest BCUT2D eigenvalue weighted by Gasteiger charge is -2.21. The van der Waals surface area contributed by atoms with Crippen LogP contribution in [0.4, 0.5) is 0 Å². The molecule has 18 heavy (non-hydrogen) atoms. The molecule has 0 bridgehead atoms. The normalized spacial score (nSPS) is 15.7. The minimum absolute atomic E-state index is 0.120. The maximum Gasteiger partial charge on any atom is 0.290 e. The predicted octanol–water partition coefficient (Wildman–Crippen LogP) is 1.33. The van der Waals surface area contributed by atoms with Gasteiger partial charge in [0.1, 0.15) is 5.84 Å². The molecule has 1 amide bonds. The number of hydrogen-bond acceptors (Lipinski definition) is 4. The van der Waals surface area contributed by atoms with Crippen LogP contribution in [0.15, 0.2) is 21.9 Å². The van der Waals surface area contributed by atoms with Gasteiger partial charge in [0.05, 0.1) is 6.26 Å². The number of carbonyl (C=O) groups excluding carboxylic acids is 1. The molecule has 0 radical (unpaired) electrons. The minimum Gasteiger partial charge on any atom is -0.459 e. The fraction of sp³-hybridized carbons (Fsp3) is 0.500. The van der Waals surface area contributed by atoms with Gasteiger partial charge in [0.25, 0.3) is 5.91 Å². The lowest BCUT2D eigenvalue weighted by Crippen LogP contribution is -2.36. The Balaban J connectivity index is 2.06. The molecule has 0 atom stereocenters. The number of amides is 1. The fourth-order valence-electron chi connectivity index (χ4n) is 1.84. The lowest BCUT2D eigenvalue weighted by molar-refractivity contribution is 0.0714. The molecule has 1 saturated carbocycles. The number of nitrogens with zero attached hydrogens (tertiary/aromatic N) is 2. The van der Waals surface area contributed by atoms with Crippen LogP contribution in [0.2, 0.25) is 0 Å². The van der Waals surface area contributed by atoms with E-state index in [1.807, 2.05) is 6.92 Å². The van der Waals surface area contributed by atoms with Crippen molar-refractivity contribution in [2.45, 2.75) is 32.2 Å². The zero-order valence-corrected chi connectivity index (χ0v) is 10.3. The molecule has 0 unspecified atom stereocenters. The summed E-state index contributed by atoms with van der Waals surface area (Å²) in [4.78, 5) is 14.0. The van der Waals surface area contributed by atoms with Crippen molar-refractivity contribution in [2.24, 2.45) is 10.9 Å². The van der Waals surface area contributed by atoms with Crippen LogP contribution in [0.25, 0.3) is 0 Å². The molecule has 0 aromatic carbocycles. The Kier molecular flexibility index (Phi) is 3.55. The van der Waals surface area contributed by atoms with Crippen molar-refractivity contribution in [3.63, 3.8) is 0 Å². The first-order valence-corrected chi connectivity index (χ1v) is 5.95. The first kappa shape index (κ1) is 12.5. The first-order valence-electron chi connectivity index (χ1n) is 5.95. The molecule has 0 aliphatic heterocycles. The van der Waals surface area contributed by atoms with E-state index < -0.39 is 0 Å². The van der Waals surface area contributed by atoms with Crippen molar-refractivity contribution in [2.75, 3.05) is 6.54 Å². The van der Waals surface area contributed by atoms with E-state index >= 15 is 0 Å². The highest BCUT2D eigenvalue weighted by molar-refractivity contribution is 5.93. The Bertz CT molecular complexity index is 463. The second-order valence-electron chi connectivity index (χ2n) is 4.50. The monoisotopic (exact) mass is 251 g/mol. The van der Waals surface area contributed by atoms with E-state index in [0.717, 1.165) is 18.4 Å². The molecule has 0 saturated heterocycles. The van der Waals surface area contributed by atoms with Gasteiger partial charge in [-0.25, -0.2) is 0 Å². The van der Waals surface area contributed by atoms with Gasteiger partial charge in [0.2, 0.25) is 0 Å². The zero-order valence-electron chi connectivity index (χ0n) is 10.3. The van der Waals surface area contributed by atoms with Crippen molar-refractivity contribution in [3.8, 4) is 0 Å². The summed E-state index contributed by atoms with van der Waals surface area (Å²) in [5.41, 5.74) is 6.26. The second kappa shape index (κ2) is 5.12. The topological polar surface area (TPSA) is 92.1 Å². The third-order valence-electron chi connectivity index (χ3n) is 3.04. The number of oxime groups is 1. The highest BCUT2D eigenvalue weighted by Gasteiger charge is 2.34. The van der Waals surface area contributed by atoms with Crippen LogP contribution in [0.5, 0.6) is 0 Å². The van der Waals surface area contributed by atoms with E-state index in [9.17, 15) is 4.79 Å². The van der Waals surface area contributed by atoms with Crippen LogP contribution in [0.1, 0.15) is 35.4 Å². The maximum atomic E-state index is 12.3. The van der Waals surface area contributed by atoms with Gasteiger partial charge in [-0.15, -0.1) is 0 Å². The van der Waals surface area contributed by atoms with Gasteiger partial charge < -0.3 is 20.3 Å². The molecule has 2 rings (SSSR count). The Morgan fingerprint density at radius 2 is 2.39 bits per heavy atom. The molecular formula is C12H17N3O3. The van der Waals surface area contributed by atoms with Crippen molar-refractivity contribution in [1.82, 2.24) is 4.90 Å². The molecule has 1 fully saturated rings. The van der Waals surface area contributed by atoms with Crippen LogP contribution in [-0.4, -0.2) is 34.4 Å². The molecule has 1 heterocycles. The van der Waals surface area contributed by atoms with E-state index in [4.69, 9.17) is 15.4 Å². The number of carbonyl (C=O) groups is 1. The number of amidine groups is 1. The van der Waals surface area contributed by atoms with Crippen molar-refractivity contribution in [1.29, 1.82) is 0 Å². The molecule has 3 N–H and O–H groups in total. The van der Waals surface area contributed by atoms with Gasteiger partial charge in [-0.1, -0.05) is 5.16 Å². The van der Waals surface area contributed by atoms with E-state index in [-0.39, 0.29) is 17.8 Å². The van der Waals surface area contributed by atoms with Crippen molar-refractivity contribution >= 4 is 11.7 Å². The summed E-state index contributed by atoms with van der Waals surface area (Å²) in [7, 11) is 0. The Labute approximate surface area is 105 Å². The Morgan fingerprint density at radius 3 is 2.89 bits per heavy atom. The SMILES string of the molecule is Cc1ccoc1C(=O)N(CC/C(N)=N/O)C1CC1. The number of hydrogen-bond donors (Lipinski definition) is 2. The summed E-state index contributed by atoms with van der Waals surface area (Å²) in [6.45, 7) is 2.28. The smallest absolute Gasteiger partial charge is 0.290 e. The number of nitrogens with two attached hydrogens (primary N) is 1. The van der Waals surface area contributed by atoms with Crippen LogP contribution >= 0.6 is 0 Å². The average molecular weight is 251 g/mol. The highest BCUT2D eigenvalue weighted by Crippen LogP contribution is 2.29. The van der Waals surface area contributed by atoms with Gasteiger partial charge >= 0.3 is 0 Å². The summed E-state index contributed by atoms with van der Waals surface area (Å²) in [5, 5.41) is 11.4. The first-order chi connectivity index (χ1) is 8.63. The molecule has 0 spiro atoms. The second-order valence-corrected chi connectivity index (χ2v) is 4.50. The minimum atomic E-state index is -0.120. The van der Waals surface area contributed by atoms with Gasteiger partial charge in [0, 0.05) is 24.6 Å². The van der Waals surface area contributed by atoms with Gasteiger partial charge in [-0.3, -0.25) is 4.79 Å². The molecule has 1 aliphatic carbocycles. The van der Waals surface area contributed by atoms with Crippen LogP contribution in [0.3, 0.4) is 0 Å².